The summed E-state index contributed by atoms with van der Waals surface area (Å²) in [6.07, 6.45) is 11.1. The van der Waals surface area contributed by atoms with Crippen LogP contribution in [0.5, 0.6) is 0 Å². The minimum atomic E-state index is 0.0403. The predicted octanol–water partition coefficient (Wildman–Crippen LogP) is 6.28. The van der Waals surface area contributed by atoms with Crippen LogP contribution in [0.2, 0.25) is 0 Å². The number of halogens is 2. The summed E-state index contributed by atoms with van der Waals surface area (Å²) in [5.74, 6) is 2.96. The molecule has 2 nitrogen and oxygen atoms in total. The van der Waals surface area contributed by atoms with Gasteiger partial charge >= 0.3 is 0 Å². The second kappa shape index (κ2) is 6.06. The molecule has 0 aromatic rings. The van der Waals surface area contributed by atoms with E-state index in [2.05, 4.69) is 52.6 Å². The Labute approximate surface area is 181 Å². The van der Waals surface area contributed by atoms with Gasteiger partial charge in [0, 0.05) is 16.2 Å². The van der Waals surface area contributed by atoms with E-state index in [9.17, 15) is 4.79 Å². The largest absolute Gasteiger partial charge is 0.367 e. The molecule has 2 aliphatic heterocycles. The highest BCUT2D eigenvalue weighted by Gasteiger charge is 2.71. The van der Waals surface area contributed by atoms with E-state index in [1.165, 1.54) is 51.4 Å². The average Bonchev–Trinajstić information content (AvgIpc) is 3.14. The quantitative estimate of drug-likeness (QED) is 0.416. The van der Waals surface area contributed by atoms with E-state index in [1.807, 2.05) is 0 Å². The molecule has 4 heteroatoms. The summed E-state index contributed by atoms with van der Waals surface area (Å²) in [5.41, 5.74) is 0.666. The van der Waals surface area contributed by atoms with Gasteiger partial charge in [-0.25, -0.2) is 0 Å². The van der Waals surface area contributed by atoms with Crippen LogP contribution in [-0.2, 0) is 9.53 Å². The van der Waals surface area contributed by atoms with Gasteiger partial charge in [0.15, 0.2) is 0 Å². The van der Waals surface area contributed by atoms with Crippen molar-refractivity contribution in [1.82, 2.24) is 0 Å². The molecule has 0 radical (unpaired) electrons. The van der Waals surface area contributed by atoms with E-state index >= 15 is 0 Å². The minimum Gasteiger partial charge on any atom is -0.367 e. The Bertz CT molecular complexity index is 667. The number of Topliss-reactive ketones (excluding diaryl/α,β-unsaturated/α-hetero) is 1. The lowest BCUT2D eigenvalue weighted by Crippen LogP contribution is -2.66. The first kappa shape index (κ1) is 19.5. The average molecular weight is 502 g/mol. The van der Waals surface area contributed by atoms with Crippen molar-refractivity contribution in [3.05, 3.63) is 0 Å². The first-order chi connectivity index (χ1) is 12.7. The normalized spacial score (nSPS) is 59.1. The fraction of sp³-hybridized carbons (Fsp3) is 0.957. The number of ketones is 1. The molecule has 3 aliphatic carbocycles. The molecule has 2 saturated heterocycles. The van der Waals surface area contributed by atoms with Crippen molar-refractivity contribution in [2.24, 2.45) is 34.5 Å². The molecule has 0 amide bonds. The maximum absolute atomic E-state index is 12.7. The van der Waals surface area contributed by atoms with Gasteiger partial charge in [-0.05, 0) is 87.9 Å². The summed E-state index contributed by atoms with van der Waals surface area (Å²) in [6.45, 7) is 7.37. The Morgan fingerprint density at radius 1 is 1.00 bits per heavy atom. The van der Waals surface area contributed by atoms with Crippen molar-refractivity contribution in [3.8, 4) is 0 Å². The number of hydrogen-bond acceptors (Lipinski definition) is 2. The first-order valence-corrected chi connectivity index (χ1v) is 13.2. The Morgan fingerprint density at radius 2 is 1.74 bits per heavy atom. The molecule has 0 unspecified atom stereocenters. The van der Waals surface area contributed by atoms with Gasteiger partial charge in [-0.15, -0.1) is 0 Å². The zero-order valence-corrected chi connectivity index (χ0v) is 20.2. The third kappa shape index (κ3) is 2.36. The van der Waals surface area contributed by atoms with Gasteiger partial charge < -0.3 is 4.74 Å². The molecule has 152 valence electrons. The number of alkyl halides is 2. The van der Waals surface area contributed by atoms with Crippen molar-refractivity contribution < 1.29 is 9.53 Å². The molecule has 1 spiro atoms. The lowest BCUT2D eigenvalue weighted by atomic mass is 9.44. The van der Waals surface area contributed by atoms with Crippen LogP contribution in [0.1, 0.15) is 78.6 Å². The molecule has 2 bridgehead atoms. The van der Waals surface area contributed by atoms with Crippen LogP contribution >= 0.6 is 31.9 Å². The number of fused-ring (bicyclic) bond motifs is 5. The summed E-state index contributed by atoms with van der Waals surface area (Å²) in [4.78, 5) is 13.1. The van der Waals surface area contributed by atoms with E-state index in [1.54, 1.807) is 0 Å². The summed E-state index contributed by atoms with van der Waals surface area (Å²) < 4.78 is 6.95. The third-order valence-corrected chi connectivity index (χ3v) is 12.0. The Balaban J connectivity index is 1.50. The smallest absolute Gasteiger partial charge is 0.147 e. The standard InChI is InChI=1S/C23H34Br2O2/c1-20-8-10-22(3)16-6-7-21(2)15(4-5-17(21)18(26)13-24)14(16)12-19(25)23(22,27-20)11-9-20/h14-17,19H,4-13H2,1-3H3/t14-,15-,16-,17+,19+,20-,21-,22+,23-/m0/s1. The highest BCUT2D eigenvalue weighted by Crippen LogP contribution is 2.72. The van der Waals surface area contributed by atoms with Crippen molar-refractivity contribution in [2.75, 3.05) is 5.33 Å². The molecule has 3 saturated carbocycles. The SMILES string of the molecule is C[C@]12CC[C@]3(O1)[C@H](Br)C[C@H]1[C@@H]4CC[C@H](C(=O)CBr)[C@@]4(C)CC[C@@H]1[C@@]3(C)CC2. The molecule has 0 aromatic carbocycles. The van der Waals surface area contributed by atoms with Gasteiger partial charge in [0.2, 0.25) is 0 Å². The predicted molar refractivity (Wildman–Crippen MR) is 115 cm³/mol. The molecule has 27 heavy (non-hydrogen) atoms. The molecule has 5 aliphatic rings. The summed E-state index contributed by atoms with van der Waals surface area (Å²) in [5, 5.41) is 0.530. The lowest BCUT2D eigenvalue weighted by molar-refractivity contribution is -0.250. The highest BCUT2D eigenvalue weighted by atomic mass is 79.9. The van der Waals surface area contributed by atoms with Gasteiger partial charge in [-0.1, -0.05) is 45.7 Å². The van der Waals surface area contributed by atoms with Crippen molar-refractivity contribution >= 4 is 37.6 Å². The van der Waals surface area contributed by atoms with Gasteiger partial charge in [-0.2, -0.15) is 0 Å². The monoisotopic (exact) mass is 500 g/mol. The maximum Gasteiger partial charge on any atom is 0.147 e. The maximum atomic E-state index is 12.7. The Kier molecular flexibility index (Phi) is 4.39. The number of ether oxygens (including phenoxy) is 1. The van der Waals surface area contributed by atoms with Crippen LogP contribution in [0.4, 0.5) is 0 Å². The van der Waals surface area contributed by atoms with E-state index in [4.69, 9.17) is 4.74 Å². The second-order valence-corrected chi connectivity index (χ2v) is 12.9. The third-order valence-electron chi connectivity index (χ3n) is 10.4. The summed E-state index contributed by atoms with van der Waals surface area (Å²) in [7, 11) is 0. The van der Waals surface area contributed by atoms with Crippen LogP contribution < -0.4 is 0 Å². The van der Waals surface area contributed by atoms with Gasteiger partial charge in [0.1, 0.15) is 5.78 Å². The zero-order chi connectivity index (χ0) is 19.2. The molecule has 0 aromatic heterocycles. The number of carbonyl (C=O) groups is 1. The van der Waals surface area contributed by atoms with Crippen LogP contribution in [-0.4, -0.2) is 27.1 Å². The van der Waals surface area contributed by atoms with Crippen molar-refractivity contribution in [2.45, 2.75) is 94.6 Å². The van der Waals surface area contributed by atoms with Gasteiger partial charge in [0.25, 0.3) is 0 Å². The second-order valence-electron chi connectivity index (χ2n) is 11.2. The summed E-state index contributed by atoms with van der Waals surface area (Å²) in [6, 6.07) is 0. The van der Waals surface area contributed by atoms with E-state index in [-0.39, 0.29) is 22.5 Å². The van der Waals surface area contributed by atoms with Crippen LogP contribution in [0.3, 0.4) is 0 Å². The van der Waals surface area contributed by atoms with E-state index < -0.39 is 0 Å². The van der Waals surface area contributed by atoms with Crippen molar-refractivity contribution in [1.29, 1.82) is 0 Å². The number of hydrogen-bond donors (Lipinski definition) is 0. The summed E-state index contributed by atoms with van der Waals surface area (Å²) >= 11 is 7.62. The molecular weight excluding hydrogens is 468 g/mol. The molecule has 2 heterocycles. The molecule has 5 fully saturated rings. The van der Waals surface area contributed by atoms with E-state index in [0.717, 1.165) is 18.3 Å². The lowest BCUT2D eigenvalue weighted by Gasteiger charge is -2.66. The molecular formula is C23H34Br2O2. The highest BCUT2D eigenvalue weighted by molar-refractivity contribution is 9.09. The van der Waals surface area contributed by atoms with Gasteiger partial charge in [-0.3, -0.25) is 4.79 Å². The Hall–Kier alpha value is 0.590. The fourth-order valence-corrected chi connectivity index (χ4v) is 10.5. The van der Waals surface area contributed by atoms with Gasteiger partial charge in [0.05, 0.1) is 16.5 Å². The van der Waals surface area contributed by atoms with Crippen LogP contribution in [0.15, 0.2) is 0 Å². The number of carbonyl (C=O) groups excluding carboxylic acids is 1. The minimum absolute atomic E-state index is 0.0403. The fourth-order valence-electron chi connectivity index (χ4n) is 8.84. The topological polar surface area (TPSA) is 26.3 Å². The molecule has 9 atom stereocenters. The van der Waals surface area contributed by atoms with E-state index in [0.29, 0.717) is 27.3 Å². The van der Waals surface area contributed by atoms with Crippen LogP contribution in [0, 0.1) is 34.5 Å². The van der Waals surface area contributed by atoms with Crippen LogP contribution in [0.25, 0.3) is 0 Å². The first-order valence-electron chi connectivity index (χ1n) is 11.1. The Morgan fingerprint density at radius 3 is 2.48 bits per heavy atom. The molecule has 0 N–H and O–H groups in total. The number of rotatable bonds is 2. The zero-order valence-electron chi connectivity index (χ0n) is 17.0. The molecule has 5 rings (SSSR count). The van der Waals surface area contributed by atoms with Crippen molar-refractivity contribution in [3.63, 3.8) is 0 Å².